The number of amides is 1. The van der Waals surface area contributed by atoms with Gasteiger partial charge in [0.1, 0.15) is 5.69 Å². The van der Waals surface area contributed by atoms with Crippen LogP contribution in [0.3, 0.4) is 0 Å². The van der Waals surface area contributed by atoms with E-state index in [1.54, 1.807) is 0 Å². The second-order valence-electron chi connectivity index (χ2n) is 2.72. The van der Waals surface area contributed by atoms with Gasteiger partial charge in [0.05, 0.1) is 5.02 Å². The Labute approximate surface area is 79.5 Å². The number of nitrogens with two attached hydrogens (primary N) is 1. The predicted molar refractivity (Wildman–Crippen MR) is 51.8 cm³/mol. The molecule has 3 nitrogen and oxygen atoms in total. The Balaban J connectivity index is 2.81. The van der Waals surface area contributed by atoms with Crippen molar-refractivity contribution in [2.75, 3.05) is 0 Å². The number of nitrogens with one attached hydrogen (secondary N) is 1. The van der Waals surface area contributed by atoms with Gasteiger partial charge >= 0.3 is 0 Å². The van der Waals surface area contributed by atoms with E-state index < -0.39 is 5.91 Å². The van der Waals surface area contributed by atoms with Crippen molar-refractivity contribution < 1.29 is 4.79 Å². The minimum Gasteiger partial charge on any atom is -0.364 e. The van der Waals surface area contributed by atoms with Crippen molar-refractivity contribution in [1.29, 1.82) is 0 Å². The molecule has 1 amide bonds. The number of carbonyl (C=O) groups is 1. The van der Waals surface area contributed by atoms with E-state index >= 15 is 0 Å². The van der Waals surface area contributed by atoms with Gasteiger partial charge in [-0.1, -0.05) is 29.8 Å². The molecule has 1 aromatic heterocycles. The first-order valence-corrected chi connectivity index (χ1v) is 4.14. The van der Waals surface area contributed by atoms with Gasteiger partial charge in [-0.2, -0.15) is 0 Å². The van der Waals surface area contributed by atoms with Gasteiger partial charge in [-0.3, -0.25) is 4.79 Å². The monoisotopic (exact) mass is 194 g/mol. The highest BCUT2D eigenvalue weighted by atomic mass is 35.5. The molecular formula is C9H7ClN2O. The third-order valence-electron chi connectivity index (χ3n) is 1.89. The van der Waals surface area contributed by atoms with E-state index in [0.717, 1.165) is 10.9 Å². The van der Waals surface area contributed by atoms with Gasteiger partial charge in [0.15, 0.2) is 0 Å². The summed E-state index contributed by atoms with van der Waals surface area (Å²) in [5.41, 5.74) is 6.21. The van der Waals surface area contributed by atoms with E-state index in [1.165, 1.54) is 0 Å². The molecule has 2 rings (SSSR count). The second kappa shape index (κ2) is 2.78. The maximum atomic E-state index is 10.9. The number of rotatable bonds is 1. The van der Waals surface area contributed by atoms with Gasteiger partial charge in [-0.05, 0) is 6.07 Å². The second-order valence-corrected chi connectivity index (χ2v) is 3.10. The fourth-order valence-corrected chi connectivity index (χ4v) is 1.58. The maximum absolute atomic E-state index is 10.9. The summed E-state index contributed by atoms with van der Waals surface area (Å²) < 4.78 is 0. The van der Waals surface area contributed by atoms with Crippen LogP contribution in [0.5, 0.6) is 0 Å². The smallest absolute Gasteiger partial charge is 0.266 e. The largest absolute Gasteiger partial charge is 0.364 e. The Morgan fingerprint density at radius 3 is 2.69 bits per heavy atom. The van der Waals surface area contributed by atoms with Crippen LogP contribution in [0.2, 0.25) is 5.02 Å². The van der Waals surface area contributed by atoms with Crippen molar-refractivity contribution in [2.45, 2.75) is 0 Å². The number of halogens is 1. The van der Waals surface area contributed by atoms with Crippen LogP contribution >= 0.6 is 11.6 Å². The molecule has 66 valence electrons. The predicted octanol–water partition coefficient (Wildman–Crippen LogP) is 1.92. The molecule has 0 radical (unpaired) electrons. The van der Waals surface area contributed by atoms with Gasteiger partial charge in [-0.15, -0.1) is 0 Å². The summed E-state index contributed by atoms with van der Waals surface area (Å²) in [6.45, 7) is 0. The highest BCUT2D eigenvalue weighted by Gasteiger charge is 2.12. The normalized spacial score (nSPS) is 10.5. The van der Waals surface area contributed by atoms with E-state index in [1.807, 2.05) is 24.3 Å². The van der Waals surface area contributed by atoms with Gasteiger partial charge < -0.3 is 10.7 Å². The number of hydrogen-bond acceptors (Lipinski definition) is 1. The van der Waals surface area contributed by atoms with Crippen molar-refractivity contribution in [3.05, 3.63) is 35.0 Å². The molecule has 1 aromatic carbocycles. The van der Waals surface area contributed by atoms with Crippen LogP contribution < -0.4 is 5.73 Å². The van der Waals surface area contributed by atoms with Crippen LogP contribution in [0.1, 0.15) is 10.5 Å². The first-order chi connectivity index (χ1) is 6.20. The molecule has 3 N–H and O–H groups in total. The Morgan fingerprint density at radius 2 is 2.08 bits per heavy atom. The topological polar surface area (TPSA) is 58.9 Å². The van der Waals surface area contributed by atoms with Gasteiger partial charge in [0.2, 0.25) is 0 Å². The standard InChI is InChI=1S/C9H7ClN2O/c10-7-5-3-1-2-4-6(5)12-8(7)9(11)13/h1-4,12H,(H2,11,13). The molecule has 4 heteroatoms. The Hall–Kier alpha value is -1.48. The molecule has 0 spiro atoms. The molecule has 0 aliphatic rings. The quantitative estimate of drug-likeness (QED) is 0.716. The number of H-pyrrole nitrogens is 1. The van der Waals surface area contributed by atoms with Crippen LogP contribution in [0.4, 0.5) is 0 Å². The molecular weight excluding hydrogens is 188 g/mol. The van der Waals surface area contributed by atoms with Crippen molar-refractivity contribution >= 4 is 28.4 Å². The van der Waals surface area contributed by atoms with Crippen molar-refractivity contribution in [2.24, 2.45) is 5.73 Å². The Bertz CT molecular complexity index is 475. The summed E-state index contributed by atoms with van der Waals surface area (Å²) in [5, 5.41) is 1.21. The van der Waals surface area contributed by atoms with Crippen LogP contribution in [0.15, 0.2) is 24.3 Å². The van der Waals surface area contributed by atoms with Gasteiger partial charge in [-0.25, -0.2) is 0 Å². The number of para-hydroxylation sites is 1. The molecule has 0 aliphatic heterocycles. The number of hydrogen-bond donors (Lipinski definition) is 2. The van der Waals surface area contributed by atoms with Crippen molar-refractivity contribution in [3.63, 3.8) is 0 Å². The number of aromatic nitrogens is 1. The summed E-state index contributed by atoms with van der Waals surface area (Å²) in [6, 6.07) is 7.39. The van der Waals surface area contributed by atoms with Crippen LogP contribution in [-0.2, 0) is 0 Å². The van der Waals surface area contributed by atoms with E-state index in [2.05, 4.69) is 4.98 Å². The van der Waals surface area contributed by atoms with Gasteiger partial charge in [0, 0.05) is 10.9 Å². The molecule has 0 bridgehead atoms. The minimum absolute atomic E-state index is 0.267. The molecule has 13 heavy (non-hydrogen) atoms. The zero-order valence-electron chi connectivity index (χ0n) is 6.67. The van der Waals surface area contributed by atoms with E-state index in [4.69, 9.17) is 17.3 Å². The van der Waals surface area contributed by atoms with Gasteiger partial charge in [0.25, 0.3) is 5.91 Å². The third-order valence-corrected chi connectivity index (χ3v) is 2.28. The summed E-state index contributed by atoms with van der Waals surface area (Å²) >= 11 is 5.92. The first kappa shape index (κ1) is 8.13. The first-order valence-electron chi connectivity index (χ1n) is 3.76. The Morgan fingerprint density at radius 1 is 1.38 bits per heavy atom. The average Bonchev–Trinajstić information content (AvgIpc) is 2.45. The zero-order valence-corrected chi connectivity index (χ0v) is 7.43. The van der Waals surface area contributed by atoms with Crippen LogP contribution in [-0.4, -0.2) is 10.9 Å². The summed E-state index contributed by atoms with van der Waals surface area (Å²) in [7, 11) is 0. The number of benzene rings is 1. The fraction of sp³-hybridized carbons (Fsp3) is 0. The summed E-state index contributed by atoms with van der Waals surface area (Å²) in [6.07, 6.45) is 0. The highest BCUT2D eigenvalue weighted by molar-refractivity contribution is 6.38. The number of primary amides is 1. The highest BCUT2D eigenvalue weighted by Crippen LogP contribution is 2.26. The lowest BCUT2D eigenvalue weighted by Gasteiger charge is -1.88. The maximum Gasteiger partial charge on any atom is 0.266 e. The average molecular weight is 195 g/mol. The molecule has 0 unspecified atom stereocenters. The lowest BCUT2D eigenvalue weighted by atomic mass is 10.2. The molecule has 0 saturated carbocycles. The zero-order chi connectivity index (χ0) is 9.42. The molecule has 2 aromatic rings. The third kappa shape index (κ3) is 1.17. The molecule has 0 fully saturated rings. The van der Waals surface area contributed by atoms with E-state index in [9.17, 15) is 4.79 Å². The molecule has 0 atom stereocenters. The van der Waals surface area contributed by atoms with Crippen molar-refractivity contribution in [3.8, 4) is 0 Å². The lowest BCUT2D eigenvalue weighted by molar-refractivity contribution is 0.0996. The minimum atomic E-state index is -0.541. The van der Waals surface area contributed by atoms with E-state index in [-0.39, 0.29) is 5.69 Å². The summed E-state index contributed by atoms with van der Waals surface area (Å²) in [5.74, 6) is -0.541. The number of fused-ring (bicyclic) bond motifs is 1. The molecule has 1 heterocycles. The summed E-state index contributed by atoms with van der Waals surface area (Å²) in [4.78, 5) is 13.8. The SMILES string of the molecule is NC(=O)c1[nH]c2ccccc2c1Cl. The Kier molecular flexibility index (Phi) is 1.74. The molecule has 0 saturated heterocycles. The lowest BCUT2D eigenvalue weighted by Crippen LogP contribution is -2.11. The number of carbonyl (C=O) groups excluding carboxylic acids is 1. The van der Waals surface area contributed by atoms with Crippen LogP contribution in [0.25, 0.3) is 10.9 Å². The molecule has 0 aliphatic carbocycles. The van der Waals surface area contributed by atoms with Crippen molar-refractivity contribution in [1.82, 2.24) is 4.98 Å². The van der Waals surface area contributed by atoms with E-state index in [0.29, 0.717) is 5.02 Å². The van der Waals surface area contributed by atoms with Crippen LogP contribution in [0, 0.1) is 0 Å². The fourth-order valence-electron chi connectivity index (χ4n) is 1.28. The number of aromatic amines is 1.